The third kappa shape index (κ3) is 16.2. The zero-order chi connectivity index (χ0) is 25.6. The molecule has 0 saturated heterocycles. The van der Waals surface area contributed by atoms with Crippen LogP contribution >= 0.6 is 0 Å². The van der Waals surface area contributed by atoms with Crippen molar-refractivity contribution in [2.45, 2.75) is 27.4 Å². The summed E-state index contributed by atoms with van der Waals surface area (Å²) < 4.78 is 9.75. The lowest BCUT2D eigenvalue weighted by Crippen LogP contribution is -2.12. The van der Waals surface area contributed by atoms with Gasteiger partial charge in [0.2, 0.25) is 17.3 Å². The number of pyridine rings is 3. The molecule has 10 nitrogen and oxygen atoms in total. The van der Waals surface area contributed by atoms with E-state index in [2.05, 4.69) is 25.6 Å². The van der Waals surface area contributed by atoms with E-state index in [9.17, 15) is 9.59 Å². The average Bonchev–Trinajstić information content (AvgIpc) is 2.86. The highest BCUT2D eigenvalue weighted by atomic mass is 16.5. The molecule has 0 aliphatic heterocycles. The minimum Gasteiger partial charge on any atom is -0.481 e. The Bertz CT molecular complexity index is 1050. The second-order valence-electron chi connectivity index (χ2n) is 6.22. The van der Waals surface area contributed by atoms with Crippen molar-refractivity contribution in [2.75, 3.05) is 28.3 Å². The van der Waals surface area contributed by atoms with Gasteiger partial charge in [-0.15, -0.1) is 0 Å². The molecule has 0 aliphatic carbocycles. The number of hydrogen-bond donors (Lipinski definition) is 3. The van der Waals surface area contributed by atoms with Gasteiger partial charge in [-0.25, -0.2) is 9.97 Å². The minimum atomic E-state index is -0.0484. The smallest absolute Gasteiger partial charge is 0.248 e. The van der Waals surface area contributed by atoms with Crippen LogP contribution in [0.25, 0.3) is 0 Å². The number of hydrogen-bond acceptors (Lipinski definition) is 9. The van der Waals surface area contributed by atoms with Gasteiger partial charge in [0.1, 0.15) is 5.69 Å². The van der Waals surface area contributed by atoms with Crippen molar-refractivity contribution in [2.24, 2.45) is 0 Å². The lowest BCUT2D eigenvalue weighted by Gasteiger charge is -2.01. The lowest BCUT2D eigenvalue weighted by atomic mass is 10.3. The Morgan fingerprint density at radius 2 is 1.49 bits per heavy atom. The van der Waals surface area contributed by atoms with Crippen LogP contribution in [-0.4, -0.2) is 49.6 Å². The molecule has 35 heavy (non-hydrogen) atoms. The molecule has 0 aromatic carbocycles. The fraction of sp³-hybridized carbons (Fsp3) is 0.320. The minimum absolute atomic E-state index is 0. The summed E-state index contributed by atoms with van der Waals surface area (Å²) >= 11 is 0. The first-order chi connectivity index (χ1) is 16.5. The summed E-state index contributed by atoms with van der Waals surface area (Å²) in [6.45, 7) is 2.91. The zero-order valence-electron chi connectivity index (χ0n) is 20.2. The first-order valence-corrected chi connectivity index (χ1v) is 10.2. The van der Waals surface area contributed by atoms with E-state index in [-0.39, 0.29) is 13.0 Å². The topological polar surface area (TPSA) is 142 Å². The molecule has 0 unspecified atom stereocenters. The number of methoxy groups -OCH3 is 2. The molecule has 3 rings (SSSR count). The summed E-state index contributed by atoms with van der Waals surface area (Å²) in [6, 6.07) is 17.6. The highest BCUT2D eigenvalue weighted by Crippen LogP contribution is 2.05. The van der Waals surface area contributed by atoms with Gasteiger partial charge in [0.25, 0.3) is 0 Å². The highest BCUT2D eigenvalue weighted by Gasteiger charge is 1.94. The molecule has 0 amide bonds. The molecule has 3 heterocycles. The molecule has 3 N–H and O–H groups in total. The molecule has 0 bridgehead atoms. The number of ether oxygens (including phenoxy) is 2. The van der Waals surface area contributed by atoms with Crippen molar-refractivity contribution in [3.05, 3.63) is 82.0 Å². The van der Waals surface area contributed by atoms with E-state index in [1.807, 2.05) is 38.4 Å². The SMILES string of the molecule is C.CC#N.CNCc1cccc(=O)[nH]1.CNCc1cccc(OC)n1.COc1cccc(C=O)n1. The van der Waals surface area contributed by atoms with Gasteiger partial charge in [-0.2, -0.15) is 5.26 Å². The van der Waals surface area contributed by atoms with E-state index in [4.69, 9.17) is 14.7 Å². The summed E-state index contributed by atoms with van der Waals surface area (Å²) in [4.78, 5) is 31.5. The number of nitriles is 1. The summed E-state index contributed by atoms with van der Waals surface area (Å²) in [5.74, 6) is 1.13. The van der Waals surface area contributed by atoms with Gasteiger partial charge in [-0.1, -0.05) is 25.6 Å². The number of nitrogens with one attached hydrogen (secondary N) is 3. The third-order valence-corrected chi connectivity index (χ3v) is 3.62. The first-order valence-electron chi connectivity index (χ1n) is 10.2. The van der Waals surface area contributed by atoms with Gasteiger partial charge in [0.05, 0.1) is 26.0 Å². The maximum absolute atomic E-state index is 10.7. The highest BCUT2D eigenvalue weighted by molar-refractivity contribution is 5.71. The van der Waals surface area contributed by atoms with Crippen LogP contribution in [0.1, 0.15) is 36.2 Å². The van der Waals surface area contributed by atoms with E-state index >= 15 is 0 Å². The second kappa shape index (κ2) is 21.8. The molecule has 0 radical (unpaired) electrons. The van der Waals surface area contributed by atoms with Gasteiger partial charge in [-0.3, -0.25) is 9.59 Å². The Hall–Kier alpha value is -4.07. The van der Waals surface area contributed by atoms with Crippen LogP contribution < -0.4 is 25.7 Å². The summed E-state index contributed by atoms with van der Waals surface area (Å²) in [7, 11) is 6.86. The van der Waals surface area contributed by atoms with Crippen molar-refractivity contribution < 1.29 is 14.3 Å². The lowest BCUT2D eigenvalue weighted by molar-refractivity contribution is 0.111. The number of carbonyl (C=O) groups excluding carboxylic acids is 1. The predicted octanol–water partition coefficient (Wildman–Crippen LogP) is 2.97. The van der Waals surface area contributed by atoms with Crippen LogP contribution in [0.5, 0.6) is 11.8 Å². The Labute approximate surface area is 207 Å². The Morgan fingerprint density at radius 3 is 2.00 bits per heavy atom. The summed E-state index contributed by atoms with van der Waals surface area (Å²) in [5, 5.41) is 13.3. The van der Waals surface area contributed by atoms with Crippen molar-refractivity contribution >= 4 is 6.29 Å². The van der Waals surface area contributed by atoms with Gasteiger partial charge < -0.3 is 25.1 Å². The van der Waals surface area contributed by atoms with E-state index in [0.29, 0.717) is 30.3 Å². The van der Waals surface area contributed by atoms with Crippen molar-refractivity contribution in [3.63, 3.8) is 0 Å². The fourth-order valence-electron chi connectivity index (χ4n) is 2.25. The third-order valence-electron chi connectivity index (χ3n) is 3.62. The van der Waals surface area contributed by atoms with Crippen LogP contribution in [0.4, 0.5) is 0 Å². The zero-order valence-corrected chi connectivity index (χ0v) is 20.2. The van der Waals surface area contributed by atoms with Crippen molar-refractivity contribution in [1.82, 2.24) is 25.6 Å². The summed E-state index contributed by atoms with van der Waals surface area (Å²) in [5.41, 5.74) is 2.24. The van der Waals surface area contributed by atoms with Crippen LogP contribution in [0.15, 0.2) is 59.4 Å². The summed E-state index contributed by atoms with van der Waals surface area (Å²) in [6.07, 6.45) is 0.683. The standard InChI is InChI=1S/C8H12N2O.C7H10N2O.C7H7NO2.C2H3N.CH4/c1-9-6-7-4-3-5-8(10-7)11-2;1-8-5-6-3-2-4-7(10)9-6;1-10-7-4-2-3-6(5-9)8-7;1-2-3;/h3-5,9H,6H2,1-2H3;2-4,8H,5H2,1H3,(H,9,10);2-5H,1H3;1H3;1H4. The molecular formula is C25H36N6O4. The Kier molecular flexibility index (Phi) is 20.6. The van der Waals surface area contributed by atoms with Crippen LogP contribution in [-0.2, 0) is 13.1 Å². The number of aromatic nitrogens is 3. The predicted molar refractivity (Wildman–Crippen MR) is 138 cm³/mol. The number of rotatable bonds is 7. The number of carbonyl (C=O) groups is 1. The van der Waals surface area contributed by atoms with E-state index < -0.39 is 0 Å². The number of H-pyrrole nitrogens is 1. The normalized spacial score (nSPS) is 8.57. The van der Waals surface area contributed by atoms with E-state index in [0.717, 1.165) is 17.9 Å². The number of nitrogens with zero attached hydrogens (tertiary/aromatic N) is 3. The van der Waals surface area contributed by atoms with Gasteiger partial charge in [-0.05, 0) is 32.3 Å². The maximum atomic E-state index is 10.7. The van der Waals surface area contributed by atoms with Crippen LogP contribution in [0.2, 0.25) is 0 Å². The molecule has 0 atom stereocenters. The molecule has 0 saturated carbocycles. The quantitative estimate of drug-likeness (QED) is 0.431. The molecule has 3 aromatic heterocycles. The maximum Gasteiger partial charge on any atom is 0.248 e. The number of aldehydes is 1. The molecule has 0 fully saturated rings. The second-order valence-corrected chi connectivity index (χ2v) is 6.22. The number of aromatic amines is 1. The largest absolute Gasteiger partial charge is 0.481 e. The van der Waals surface area contributed by atoms with Crippen LogP contribution in [0, 0.1) is 11.3 Å². The average molecular weight is 485 g/mol. The fourth-order valence-corrected chi connectivity index (χ4v) is 2.25. The Morgan fingerprint density at radius 1 is 0.943 bits per heavy atom. The monoisotopic (exact) mass is 484 g/mol. The van der Waals surface area contributed by atoms with Gasteiger partial charge in [0.15, 0.2) is 6.29 Å². The molecular weight excluding hydrogens is 448 g/mol. The van der Waals surface area contributed by atoms with Gasteiger partial charge in [0, 0.05) is 43.9 Å². The van der Waals surface area contributed by atoms with Crippen molar-refractivity contribution in [3.8, 4) is 17.8 Å². The molecule has 3 aromatic rings. The van der Waals surface area contributed by atoms with E-state index in [1.54, 1.807) is 37.4 Å². The Balaban J connectivity index is 0. The van der Waals surface area contributed by atoms with Crippen molar-refractivity contribution in [1.29, 1.82) is 5.26 Å². The van der Waals surface area contributed by atoms with E-state index in [1.165, 1.54) is 20.1 Å². The molecule has 190 valence electrons. The molecule has 0 aliphatic rings. The van der Waals surface area contributed by atoms with Crippen LogP contribution in [0.3, 0.4) is 0 Å². The van der Waals surface area contributed by atoms with Gasteiger partial charge >= 0.3 is 0 Å². The molecule has 0 spiro atoms. The molecule has 10 heteroatoms. The first kappa shape index (κ1) is 33.1.